The molecule has 4 N–H and O–H groups in total. The number of rotatable bonds is 19. The third kappa shape index (κ3) is 30.3. The smallest absolute Gasteiger partial charge is 0.306 e. The first-order valence-corrected chi connectivity index (χ1v) is 11.0. The van der Waals surface area contributed by atoms with Crippen LogP contribution in [-0.2, 0) is 47.6 Å². The van der Waals surface area contributed by atoms with E-state index in [2.05, 4.69) is 19.7 Å². The van der Waals surface area contributed by atoms with Gasteiger partial charge in [0.1, 0.15) is 51.3 Å². The molecule has 0 radical (unpaired) electrons. The molecule has 3 atom stereocenters. The maximum absolute atomic E-state index is 11.3. The standard InChI is InChI=1S/C14H22O8.C5H8O2.C4H6O4/c1-3-19-7-11(15)9-21-13(17)5-6-14(18)22-10-12(16)8-20-4-2;1-2-6-3-5-4-7-5;5-3(6)1-2-4(7)8/h3-4,11-12,15-16H,1-2,5-10H2;2,5H,1,3-4H2;1-2H2,(H,5,6)(H,7,8). The van der Waals surface area contributed by atoms with Gasteiger partial charge in [0.15, 0.2) is 0 Å². The lowest BCUT2D eigenvalue weighted by atomic mass is 10.3. The van der Waals surface area contributed by atoms with Gasteiger partial charge in [0.2, 0.25) is 0 Å². The van der Waals surface area contributed by atoms with Crippen LogP contribution >= 0.6 is 0 Å². The van der Waals surface area contributed by atoms with E-state index in [1.807, 2.05) is 0 Å². The van der Waals surface area contributed by atoms with E-state index in [1.165, 1.54) is 6.26 Å². The lowest BCUT2D eigenvalue weighted by Gasteiger charge is -2.11. The molecule has 0 aromatic heterocycles. The van der Waals surface area contributed by atoms with Crippen molar-refractivity contribution in [1.29, 1.82) is 0 Å². The Kier molecular flexibility index (Phi) is 23.1. The van der Waals surface area contributed by atoms with Crippen LogP contribution in [0.2, 0.25) is 0 Å². The molecule has 37 heavy (non-hydrogen) atoms. The number of aliphatic hydroxyl groups is 2. The van der Waals surface area contributed by atoms with E-state index < -0.39 is 36.1 Å². The molecule has 1 aliphatic rings. The fourth-order valence-electron chi connectivity index (χ4n) is 1.73. The van der Waals surface area contributed by atoms with Crippen LogP contribution in [0.5, 0.6) is 0 Å². The number of hydrogen-bond acceptors (Lipinski definition) is 12. The van der Waals surface area contributed by atoms with Gasteiger partial charge in [-0.2, -0.15) is 0 Å². The summed E-state index contributed by atoms with van der Waals surface area (Å²) in [6.45, 7) is 11.0. The van der Waals surface area contributed by atoms with Crippen molar-refractivity contribution >= 4 is 23.9 Å². The highest BCUT2D eigenvalue weighted by Crippen LogP contribution is 2.07. The van der Waals surface area contributed by atoms with E-state index in [0.29, 0.717) is 12.7 Å². The molecule has 1 rings (SSSR count). The zero-order valence-corrected chi connectivity index (χ0v) is 20.5. The molecular weight excluding hydrogens is 500 g/mol. The maximum atomic E-state index is 11.3. The third-order valence-electron chi connectivity index (χ3n) is 3.57. The summed E-state index contributed by atoms with van der Waals surface area (Å²) in [7, 11) is 0. The van der Waals surface area contributed by atoms with Crippen molar-refractivity contribution in [3.8, 4) is 0 Å². The number of hydrogen-bond donors (Lipinski definition) is 4. The summed E-state index contributed by atoms with van der Waals surface area (Å²) in [6.07, 6.45) is 1.22. The zero-order valence-electron chi connectivity index (χ0n) is 20.5. The highest BCUT2D eigenvalue weighted by molar-refractivity contribution is 5.77. The lowest BCUT2D eigenvalue weighted by Crippen LogP contribution is -2.24. The van der Waals surface area contributed by atoms with Crippen molar-refractivity contribution in [3.05, 3.63) is 38.5 Å². The minimum absolute atomic E-state index is 0.0382. The van der Waals surface area contributed by atoms with Gasteiger partial charge in [0.25, 0.3) is 0 Å². The maximum Gasteiger partial charge on any atom is 0.306 e. The van der Waals surface area contributed by atoms with E-state index >= 15 is 0 Å². The monoisotopic (exact) mass is 536 g/mol. The average Bonchev–Trinajstić information content (AvgIpc) is 3.69. The first kappa shape index (κ1) is 35.5. The molecule has 0 spiro atoms. The Balaban J connectivity index is 0. The Hall–Kier alpha value is -3.62. The molecule has 14 heteroatoms. The Morgan fingerprint density at radius 3 is 1.41 bits per heavy atom. The fraction of sp³-hybridized carbons (Fsp3) is 0.565. The highest BCUT2D eigenvalue weighted by atomic mass is 16.6. The molecule has 1 heterocycles. The van der Waals surface area contributed by atoms with Gasteiger partial charge < -0.3 is 48.8 Å². The number of aliphatic hydroxyl groups excluding tert-OH is 2. The second kappa shape index (κ2) is 24.1. The molecule has 1 aliphatic heterocycles. The molecule has 0 aliphatic carbocycles. The number of epoxide rings is 1. The second-order valence-corrected chi connectivity index (χ2v) is 6.92. The predicted octanol–water partition coefficient (Wildman–Crippen LogP) is 0.376. The first-order chi connectivity index (χ1) is 17.5. The van der Waals surface area contributed by atoms with E-state index in [-0.39, 0.29) is 52.1 Å². The normalized spacial score (nSPS) is 14.4. The molecule has 1 saturated heterocycles. The van der Waals surface area contributed by atoms with Gasteiger partial charge in [-0.15, -0.1) is 0 Å². The van der Waals surface area contributed by atoms with Crippen LogP contribution in [0.3, 0.4) is 0 Å². The molecular formula is C23H36O14. The van der Waals surface area contributed by atoms with E-state index in [0.717, 1.165) is 19.1 Å². The number of ether oxygens (including phenoxy) is 6. The third-order valence-corrected chi connectivity index (χ3v) is 3.57. The molecule has 1 fully saturated rings. The highest BCUT2D eigenvalue weighted by Gasteiger charge is 2.22. The Morgan fingerprint density at radius 2 is 1.11 bits per heavy atom. The summed E-state index contributed by atoms with van der Waals surface area (Å²) >= 11 is 0. The van der Waals surface area contributed by atoms with Gasteiger partial charge in [-0.25, -0.2) is 0 Å². The van der Waals surface area contributed by atoms with Crippen LogP contribution in [0.15, 0.2) is 38.5 Å². The van der Waals surface area contributed by atoms with Gasteiger partial charge in [0, 0.05) is 0 Å². The Morgan fingerprint density at radius 1 is 0.730 bits per heavy atom. The van der Waals surface area contributed by atoms with Crippen LogP contribution in [0.4, 0.5) is 0 Å². The molecule has 0 bridgehead atoms. The minimum Gasteiger partial charge on any atom is -0.499 e. The van der Waals surface area contributed by atoms with Crippen LogP contribution in [0.25, 0.3) is 0 Å². The molecule has 212 valence electrons. The predicted molar refractivity (Wildman–Crippen MR) is 126 cm³/mol. The zero-order chi connectivity index (χ0) is 28.5. The Labute approximate surface area is 214 Å². The molecule has 14 nitrogen and oxygen atoms in total. The van der Waals surface area contributed by atoms with Crippen molar-refractivity contribution in [2.45, 2.75) is 44.0 Å². The number of aliphatic carboxylic acids is 2. The van der Waals surface area contributed by atoms with Crippen LogP contribution in [0, 0.1) is 0 Å². The summed E-state index contributed by atoms with van der Waals surface area (Å²) in [4.78, 5) is 41.9. The Bertz CT molecular complexity index is 641. The topological polar surface area (TPSA) is 208 Å². The first-order valence-electron chi connectivity index (χ1n) is 11.0. The summed E-state index contributed by atoms with van der Waals surface area (Å²) in [6, 6.07) is 0. The summed E-state index contributed by atoms with van der Waals surface area (Å²) in [5.41, 5.74) is 0. The molecule has 0 saturated carbocycles. The largest absolute Gasteiger partial charge is 0.499 e. The second-order valence-electron chi connectivity index (χ2n) is 6.92. The van der Waals surface area contributed by atoms with E-state index in [1.54, 1.807) is 0 Å². The quantitative estimate of drug-likeness (QED) is 0.0999. The molecule has 0 amide bonds. The van der Waals surface area contributed by atoms with Gasteiger partial charge in [0.05, 0.1) is 51.1 Å². The van der Waals surface area contributed by atoms with Crippen LogP contribution < -0.4 is 0 Å². The fourth-order valence-corrected chi connectivity index (χ4v) is 1.73. The van der Waals surface area contributed by atoms with Crippen molar-refractivity contribution in [2.24, 2.45) is 0 Å². The van der Waals surface area contributed by atoms with Crippen molar-refractivity contribution in [3.63, 3.8) is 0 Å². The van der Waals surface area contributed by atoms with Gasteiger partial charge in [-0.3, -0.25) is 19.2 Å². The van der Waals surface area contributed by atoms with Gasteiger partial charge in [-0.1, -0.05) is 19.7 Å². The number of carboxylic acid groups (broad SMARTS) is 2. The SMILES string of the molecule is C=COCC(O)COC(=O)CCC(=O)OCC(O)COC=C.C=COCC1CO1.O=C(O)CCC(=O)O. The van der Waals surface area contributed by atoms with E-state index in [4.69, 9.17) is 38.6 Å². The minimum atomic E-state index is -1.08. The lowest BCUT2D eigenvalue weighted by molar-refractivity contribution is -0.154. The van der Waals surface area contributed by atoms with Gasteiger partial charge >= 0.3 is 23.9 Å². The molecule has 0 aromatic rings. The summed E-state index contributed by atoms with van der Waals surface area (Å²) in [5.74, 6) is -3.45. The number of carboxylic acids is 2. The number of carbonyl (C=O) groups is 4. The van der Waals surface area contributed by atoms with Crippen molar-refractivity contribution in [2.75, 3.05) is 39.6 Å². The molecule has 3 unspecified atom stereocenters. The van der Waals surface area contributed by atoms with Crippen LogP contribution in [0.1, 0.15) is 25.7 Å². The molecule has 0 aromatic carbocycles. The number of esters is 2. The van der Waals surface area contributed by atoms with Gasteiger partial charge in [-0.05, 0) is 0 Å². The average molecular weight is 537 g/mol. The number of carbonyl (C=O) groups excluding carboxylic acids is 2. The van der Waals surface area contributed by atoms with E-state index in [9.17, 15) is 29.4 Å². The van der Waals surface area contributed by atoms with Crippen molar-refractivity contribution in [1.82, 2.24) is 0 Å². The summed E-state index contributed by atoms with van der Waals surface area (Å²) < 4.78 is 28.5. The summed E-state index contributed by atoms with van der Waals surface area (Å²) in [5, 5.41) is 34.5. The van der Waals surface area contributed by atoms with Crippen LogP contribution in [-0.4, -0.2) is 102 Å². The van der Waals surface area contributed by atoms with Crippen molar-refractivity contribution < 1.29 is 68.0 Å².